The predicted octanol–water partition coefficient (Wildman–Crippen LogP) is 2.04. The minimum atomic E-state index is -4.88. The number of alkyl halides is 3. The number of ether oxygens (including phenoxy) is 1. The lowest BCUT2D eigenvalue weighted by atomic mass is 10.0. The SMILES string of the molecule is Cc1ccc(OCC(=O)N2CCC(NC(=O)C(F)(F)F)CC2)cc1. The van der Waals surface area contributed by atoms with E-state index in [1.165, 1.54) is 4.90 Å². The summed E-state index contributed by atoms with van der Waals surface area (Å²) in [5.74, 6) is -1.58. The summed E-state index contributed by atoms with van der Waals surface area (Å²) in [5.41, 5.74) is 1.08. The molecule has 1 fully saturated rings. The van der Waals surface area contributed by atoms with Gasteiger partial charge < -0.3 is 15.0 Å². The van der Waals surface area contributed by atoms with E-state index in [0.717, 1.165) is 5.56 Å². The van der Waals surface area contributed by atoms with E-state index in [1.54, 1.807) is 12.1 Å². The maximum Gasteiger partial charge on any atom is 0.471 e. The zero-order valence-corrected chi connectivity index (χ0v) is 13.2. The first-order valence-electron chi connectivity index (χ1n) is 7.60. The van der Waals surface area contributed by atoms with E-state index in [-0.39, 0.29) is 25.4 Å². The maximum atomic E-state index is 12.2. The second-order valence-electron chi connectivity index (χ2n) is 5.73. The molecule has 1 aromatic carbocycles. The molecule has 8 heteroatoms. The number of aryl methyl sites for hydroxylation is 1. The number of amides is 2. The van der Waals surface area contributed by atoms with Crippen molar-refractivity contribution in [1.82, 2.24) is 10.2 Å². The molecule has 1 aliphatic rings. The molecule has 5 nitrogen and oxygen atoms in total. The summed E-state index contributed by atoms with van der Waals surface area (Å²) >= 11 is 0. The number of benzene rings is 1. The van der Waals surface area contributed by atoms with E-state index in [9.17, 15) is 22.8 Å². The second kappa shape index (κ2) is 7.55. The topological polar surface area (TPSA) is 58.6 Å². The normalized spacial score (nSPS) is 15.9. The summed E-state index contributed by atoms with van der Waals surface area (Å²) in [4.78, 5) is 24.5. The van der Waals surface area contributed by atoms with Crippen LogP contribution in [-0.4, -0.2) is 48.6 Å². The lowest BCUT2D eigenvalue weighted by Crippen LogP contribution is -2.50. The van der Waals surface area contributed by atoms with E-state index in [1.807, 2.05) is 24.4 Å². The third-order valence-electron chi connectivity index (χ3n) is 3.82. The first-order chi connectivity index (χ1) is 11.3. The van der Waals surface area contributed by atoms with Crippen LogP contribution in [0, 0.1) is 6.92 Å². The van der Waals surface area contributed by atoms with Gasteiger partial charge in [-0.2, -0.15) is 13.2 Å². The van der Waals surface area contributed by atoms with E-state index < -0.39 is 18.1 Å². The van der Waals surface area contributed by atoms with Crippen LogP contribution < -0.4 is 10.1 Å². The van der Waals surface area contributed by atoms with Crippen molar-refractivity contribution in [2.45, 2.75) is 32.0 Å². The smallest absolute Gasteiger partial charge is 0.471 e. The Balaban J connectivity index is 1.74. The van der Waals surface area contributed by atoms with E-state index in [2.05, 4.69) is 0 Å². The molecule has 24 heavy (non-hydrogen) atoms. The van der Waals surface area contributed by atoms with Crippen LogP contribution in [0.3, 0.4) is 0 Å². The Labute approximate surface area is 137 Å². The fourth-order valence-electron chi connectivity index (χ4n) is 2.41. The fourth-order valence-corrected chi connectivity index (χ4v) is 2.41. The van der Waals surface area contributed by atoms with Crippen molar-refractivity contribution in [3.63, 3.8) is 0 Å². The number of hydrogen-bond acceptors (Lipinski definition) is 3. The lowest BCUT2D eigenvalue weighted by molar-refractivity contribution is -0.174. The highest BCUT2D eigenvalue weighted by Crippen LogP contribution is 2.17. The van der Waals surface area contributed by atoms with Crippen LogP contribution in [0.4, 0.5) is 13.2 Å². The number of halogens is 3. The van der Waals surface area contributed by atoms with E-state index in [4.69, 9.17) is 4.74 Å². The number of rotatable bonds is 4. The molecule has 1 N–H and O–H groups in total. The number of piperidine rings is 1. The minimum Gasteiger partial charge on any atom is -0.484 e. The summed E-state index contributed by atoms with van der Waals surface area (Å²) in [7, 11) is 0. The van der Waals surface area contributed by atoms with Crippen molar-refractivity contribution >= 4 is 11.8 Å². The van der Waals surface area contributed by atoms with Gasteiger partial charge in [-0.3, -0.25) is 9.59 Å². The van der Waals surface area contributed by atoms with Crippen molar-refractivity contribution in [3.05, 3.63) is 29.8 Å². The molecule has 1 saturated heterocycles. The third kappa shape index (κ3) is 5.14. The highest BCUT2D eigenvalue weighted by molar-refractivity contribution is 5.82. The van der Waals surface area contributed by atoms with E-state index in [0.29, 0.717) is 18.8 Å². The zero-order chi connectivity index (χ0) is 17.7. The Kier molecular flexibility index (Phi) is 5.69. The van der Waals surface area contributed by atoms with Crippen molar-refractivity contribution < 1.29 is 27.5 Å². The van der Waals surface area contributed by atoms with Gasteiger partial charge in [0.05, 0.1) is 0 Å². The molecular formula is C16H19F3N2O3. The number of likely N-dealkylation sites (tertiary alicyclic amines) is 1. The van der Waals surface area contributed by atoms with Gasteiger partial charge in [0.2, 0.25) is 0 Å². The van der Waals surface area contributed by atoms with Crippen molar-refractivity contribution in [2.24, 2.45) is 0 Å². The Morgan fingerprint density at radius 3 is 2.33 bits per heavy atom. The van der Waals surface area contributed by atoms with Crippen LogP contribution in [0.5, 0.6) is 5.75 Å². The summed E-state index contributed by atoms with van der Waals surface area (Å²) < 4.78 is 42.0. The summed E-state index contributed by atoms with van der Waals surface area (Å²) in [6.07, 6.45) is -4.30. The van der Waals surface area contributed by atoms with Crippen LogP contribution in [0.25, 0.3) is 0 Å². The van der Waals surface area contributed by atoms with Gasteiger partial charge >= 0.3 is 12.1 Å². The molecular weight excluding hydrogens is 325 g/mol. The molecule has 132 valence electrons. The molecule has 0 unspecified atom stereocenters. The average molecular weight is 344 g/mol. The second-order valence-corrected chi connectivity index (χ2v) is 5.73. The first-order valence-corrected chi connectivity index (χ1v) is 7.60. The van der Waals surface area contributed by atoms with Gasteiger partial charge in [0.25, 0.3) is 5.91 Å². The third-order valence-corrected chi connectivity index (χ3v) is 3.82. The molecule has 0 aliphatic carbocycles. The molecule has 0 radical (unpaired) electrons. The average Bonchev–Trinajstić information content (AvgIpc) is 2.54. The Morgan fingerprint density at radius 1 is 1.21 bits per heavy atom. The van der Waals surface area contributed by atoms with Gasteiger partial charge in [0.1, 0.15) is 5.75 Å². The molecule has 1 heterocycles. The van der Waals surface area contributed by atoms with Crippen LogP contribution in [0.15, 0.2) is 24.3 Å². The molecule has 0 atom stereocenters. The van der Waals surface area contributed by atoms with Crippen molar-refractivity contribution in [3.8, 4) is 5.75 Å². The maximum absolute atomic E-state index is 12.2. The van der Waals surface area contributed by atoms with Gasteiger partial charge in [0, 0.05) is 19.1 Å². The molecule has 2 amide bonds. The number of carbonyl (C=O) groups is 2. The minimum absolute atomic E-state index is 0.122. The quantitative estimate of drug-likeness (QED) is 0.909. The lowest BCUT2D eigenvalue weighted by Gasteiger charge is -2.32. The van der Waals surface area contributed by atoms with Crippen LogP contribution in [0.1, 0.15) is 18.4 Å². The Bertz CT molecular complexity index is 579. The number of nitrogens with one attached hydrogen (secondary N) is 1. The summed E-state index contributed by atoms with van der Waals surface area (Å²) in [6, 6.07) is 6.70. The predicted molar refractivity (Wildman–Crippen MR) is 80.5 cm³/mol. The molecule has 0 aromatic heterocycles. The molecule has 1 aliphatic heterocycles. The first kappa shape index (κ1) is 18.1. The van der Waals surface area contributed by atoms with Crippen LogP contribution in [0.2, 0.25) is 0 Å². The monoisotopic (exact) mass is 344 g/mol. The Hall–Kier alpha value is -2.25. The number of hydrogen-bond donors (Lipinski definition) is 1. The summed E-state index contributed by atoms with van der Waals surface area (Å²) in [5, 5.41) is 1.95. The van der Waals surface area contributed by atoms with E-state index >= 15 is 0 Å². The molecule has 0 bridgehead atoms. The van der Waals surface area contributed by atoms with Gasteiger partial charge in [-0.05, 0) is 31.9 Å². The number of nitrogens with zero attached hydrogens (tertiary/aromatic N) is 1. The Morgan fingerprint density at radius 2 is 1.79 bits per heavy atom. The fraction of sp³-hybridized carbons (Fsp3) is 0.500. The highest BCUT2D eigenvalue weighted by Gasteiger charge is 2.40. The largest absolute Gasteiger partial charge is 0.484 e. The standard InChI is InChI=1S/C16H19F3N2O3/c1-11-2-4-13(5-3-11)24-10-14(22)21-8-6-12(7-9-21)20-15(23)16(17,18)19/h2-5,12H,6-10H2,1H3,(H,20,23). The molecule has 0 spiro atoms. The molecule has 2 rings (SSSR count). The van der Waals surface area contributed by atoms with Crippen LogP contribution in [-0.2, 0) is 9.59 Å². The van der Waals surface area contributed by atoms with Gasteiger partial charge in [0.15, 0.2) is 6.61 Å². The van der Waals surface area contributed by atoms with Crippen LogP contribution >= 0.6 is 0 Å². The van der Waals surface area contributed by atoms with Gasteiger partial charge in [-0.15, -0.1) is 0 Å². The molecule has 0 saturated carbocycles. The zero-order valence-electron chi connectivity index (χ0n) is 13.2. The molecule has 1 aromatic rings. The summed E-state index contributed by atoms with van der Waals surface area (Å²) in [6.45, 7) is 2.40. The van der Waals surface area contributed by atoms with Crippen molar-refractivity contribution in [2.75, 3.05) is 19.7 Å². The van der Waals surface area contributed by atoms with Crippen molar-refractivity contribution in [1.29, 1.82) is 0 Å². The van der Waals surface area contributed by atoms with Gasteiger partial charge in [-0.1, -0.05) is 17.7 Å². The number of carbonyl (C=O) groups excluding carboxylic acids is 2. The highest BCUT2D eigenvalue weighted by atomic mass is 19.4. The van der Waals surface area contributed by atoms with Gasteiger partial charge in [-0.25, -0.2) is 0 Å².